The molecule has 1 amide bonds. The summed E-state index contributed by atoms with van der Waals surface area (Å²) in [6.45, 7) is 0. The van der Waals surface area contributed by atoms with E-state index in [-0.39, 0.29) is 10.8 Å². The number of amides is 1. The van der Waals surface area contributed by atoms with Gasteiger partial charge in [0, 0.05) is 17.7 Å². The third-order valence-corrected chi connectivity index (χ3v) is 5.59. The Labute approximate surface area is 179 Å². The first-order valence-electron chi connectivity index (χ1n) is 9.37. The number of primary sulfonamides is 1. The Morgan fingerprint density at radius 3 is 2.55 bits per heavy atom. The lowest BCUT2D eigenvalue weighted by Gasteiger charge is -2.11. The van der Waals surface area contributed by atoms with E-state index < -0.39 is 16.1 Å². The number of hydrogen-bond donors (Lipinski definition) is 2. The van der Waals surface area contributed by atoms with Gasteiger partial charge < -0.3 is 14.6 Å². The molecule has 2 heterocycles. The van der Waals surface area contributed by atoms with Gasteiger partial charge in [-0.05, 0) is 48.0 Å². The molecule has 4 rings (SSSR count). The average Bonchev–Trinajstić information content (AvgIpc) is 3.44. The molecule has 1 aromatic heterocycles. The maximum absolute atomic E-state index is 12.5. The molecule has 1 aliphatic rings. The number of sulfonamides is 1. The first-order chi connectivity index (χ1) is 14.9. The molecule has 1 atom stereocenters. The lowest BCUT2D eigenvalue weighted by atomic mass is 10.1. The normalized spacial score (nSPS) is 16.2. The number of hydrogen-bond acceptors (Lipinski definition) is 6. The quantitative estimate of drug-likeness (QED) is 0.612. The molecule has 0 saturated heterocycles. The molecule has 0 aliphatic carbocycles. The summed E-state index contributed by atoms with van der Waals surface area (Å²) in [5.74, 6) is 0.350. The van der Waals surface area contributed by atoms with Crippen LogP contribution in [-0.4, -0.2) is 26.1 Å². The number of furan rings is 1. The van der Waals surface area contributed by atoms with Gasteiger partial charge in [-0.3, -0.25) is 4.79 Å². The average molecular weight is 437 g/mol. The standard InChI is InChI=1S/C22H19N3O5S/c23-31(27,28)21-6-2-1-5-19(21)15-7-9-16(10-8-15)24-22(26)20-14-17(25-30-20)11-12-18-4-3-13-29-18/h1-13,20H,14H2,(H,24,26)(H2,23,27,28)/b12-11+. The van der Waals surface area contributed by atoms with Crippen molar-refractivity contribution >= 4 is 33.4 Å². The molecule has 31 heavy (non-hydrogen) atoms. The highest BCUT2D eigenvalue weighted by Gasteiger charge is 2.27. The van der Waals surface area contributed by atoms with Gasteiger partial charge in [0.05, 0.1) is 16.9 Å². The molecule has 3 N–H and O–H groups in total. The number of carbonyl (C=O) groups excluding carboxylic acids is 1. The molecular formula is C22H19N3O5S. The number of nitrogens with one attached hydrogen (secondary N) is 1. The van der Waals surface area contributed by atoms with E-state index in [2.05, 4.69) is 10.5 Å². The molecule has 0 fully saturated rings. The van der Waals surface area contributed by atoms with Crippen molar-refractivity contribution in [3.8, 4) is 11.1 Å². The molecular weight excluding hydrogens is 418 g/mol. The first-order valence-corrected chi connectivity index (χ1v) is 10.9. The Balaban J connectivity index is 1.40. The largest absolute Gasteiger partial charge is 0.465 e. The predicted molar refractivity (Wildman–Crippen MR) is 117 cm³/mol. The fourth-order valence-electron chi connectivity index (χ4n) is 3.11. The molecule has 3 aromatic rings. The van der Waals surface area contributed by atoms with E-state index >= 15 is 0 Å². The minimum atomic E-state index is -3.86. The minimum Gasteiger partial charge on any atom is -0.465 e. The molecule has 1 aliphatic heterocycles. The van der Waals surface area contributed by atoms with Crippen LogP contribution in [0.3, 0.4) is 0 Å². The van der Waals surface area contributed by atoms with Crippen molar-refractivity contribution in [2.75, 3.05) is 5.32 Å². The summed E-state index contributed by atoms with van der Waals surface area (Å²) in [6, 6.07) is 16.8. The minimum absolute atomic E-state index is 0.0402. The van der Waals surface area contributed by atoms with E-state index in [1.807, 2.05) is 6.07 Å². The van der Waals surface area contributed by atoms with E-state index in [1.165, 1.54) is 6.07 Å². The van der Waals surface area contributed by atoms with Crippen LogP contribution in [0.15, 0.2) is 87.5 Å². The zero-order chi connectivity index (χ0) is 21.8. The predicted octanol–water partition coefficient (Wildman–Crippen LogP) is 3.39. The number of nitrogens with two attached hydrogens (primary N) is 1. The number of benzene rings is 2. The summed E-state index contributed by atoms with van der Waals surface area (Å²) >= 11 is 0. The summed E-state index contributed by atoms with van der Waals surface area (Å²) in [5.41, 5.74) is 2.33. The molecule has 158 valence electrons. The Hall–Kier alpha value is -3.69. The SMILES string of the molecule is NS(=O)(=O)c1ccccc1-c1ccc(NC(=O)C2CC(/C=C/c3ccco3)=NO2)cc1. The van der Waals surface area contributed by atoms with E-state index in [0.717, 1.165) is 0 Å². The highest BCUT2D eigenvalue weighted by atomic mass is 32.2. The Bertz CT molecular complexity index is 1250. The van der Waals surface area contributed by atoms with E-state index in [4.69, 9.17) is 14.4 Å². The van der Waals surface area contributed by atoms with Crippen molar-refractivity contribution < 1.29 is 22.5 Å². The van der Waals surface area contributed by atoms with Crippen LogP contribution in [-0.2, 0) is 19.7 Å². The van der Waals surface area contributed by atoms with Crippen LogP contribution < -0.4 is 10.5 Å². The Kier molecular flexibility index (Phi) is 5.70. The highest BCUT2D eigenvalue weighted by molar-refractivity contribution is 7.89. The van der Waals surface area contributed by atoms with Crippen LogP contribution >= 0.6 is 0 Å². The van der Waals surface area contributed by atoms with Crippen molar-refractivity contribution in [2.24, 2.45) is 10.3 Å². The van der Waals surface area contributed by atoms with Crippen LogP contribution in [0.25, 0.3) is 17.2 Å². The molecule has 2 aromatic carbocycles. The van der Waals surface area contributed by atoms with Crippen molar-refractivity contribution in [3.05, 3.63) is 78.8 Å². The van der Waals surface area contributed by atoms with Crippen molar-refractivity contribution in [1.29, 1.82) is 0 Å². The van der Waals surface area contributed by atoms with Crippen LogP contribution in [0.2, 0.25) is 0 Å². The molecule has 8 nitrogen and oxygen atoms in total. The number of oxime groups is 1. The van der Waals surface area contributed by atoms with Crippen LogP contribution in [0.1, 0.15) is 12.2 Å². The summed E-state index contributed by atoms with van der Waals surface area (Å²) in [5, 5.41) is 12.0. The van der Waals surface area contributed by atoms with E-state index in [1.54, 1.807) is 66.9 Å². The second kappa shape index (κ2) is 8.58. The molecule has 0 bridgehead atoms. The van der Waals surface area contributed by atoms with Gasteiger partial charge in [-0.25, -0.2) is 13.6 Å². The number of anilines is 1. The second-order valence-electron chi connectivity index (χ2n) is 6.84. The van der Waals surface area contributed by atoms with Crippen molar-refractivity contribution in [1.82, 2.24) is 0 Å². The number of allylic oxidation sites excluding steroid dienone is 1. The van der Waals surface area contributed by atoms with Gasteiger partial charge in [0.2, 0.25) is 16.1 Å². The molecule has 9 heteroatoms. The third-order valence-electron chi connectivity index (χ3n) is 4.62. The van der Waals surface area contributed by atoms with Gasteiger partial charge >= 0.3 is 0 Å². The fraction of sp³-hybridized carbons (Fsp3) is 0.0909. The Morgan fingerprint density at radius 2 is 1.84 bits per heavy atom. The maximum atomic E-state index is 12.5. The van der Waals surface area contributed by atoms with Gasteiger partial charge in [0.15, 0.2) is 0 Å². The van der Waals surface area contributed by atoms with E-state index in [9.17, 15) is 13.2 Å². The molecule has 0 radical (unpaired) electrons. The van der Waals surface area contributed by atoms with Gasteiger partial charge in [-0.1, -0.05) is 35.5 Å². The number of rotatable bonds is 6. The Morgan fingerprint density at radius 1 is 1.06 bits per heavy atom. The van der Waals surface area contributed by atoms with Crippen LogP contribution in [0.4, 0.5) is 5.69 Å². The van der Waals surface area contributed by atoms with Crippen LogP contribution in [0, 0.1) is 0 Å². The maximum Gasteiger partial charge on any atom is 0.268 e. The fourth-order valence-corrected chi connectivity index (χ4v) is 3.87. The number of nitrogens with zero attached hydrogens (tertiary/aromatic N) is 1. The summed E-state index contributed by atoms with van der Waals surface area (Å²) in [4.78, 5) is 17.8. The summed E-state index contributed by atoms with van der Waals surface area (Å²) in [7, 11) is -3.86. The topological polar surface area (TPSA) is 124 Å². The lowest BCUT2D eigenvalue weighted by molar-refractivity contribution is -0.125. The van der Waals surface area contributed by atoms with E-state index in [0.29, 0.717) is 34.7 Å². The van der Waals surface area contributed by atoms with Crippen LogP contribution in [0.5, 0.6) is 0 Å². The molecule has 1 unspecified atom stereocenters. The summed E-state index contributed by atoms with van der Waals surface area (Å²) < 4.78 is 28.8. The van der Waals surface area contributed by atoms with Crippen molar-refractivity contribution in [2.45, 2.75) is 17.4 Å². The zero-order valence-electron chi connectivity index (χ0n) is 16.3. The lowest BCUT2D eigenvalue weighted by Crippen LogP contribution is -2.27. The first kappa shape index (κ1) is 20.6. The number of carbonyl (C=O) groups is 1. The molecule has 0 saturated carbocycles. The zero-order valence-corrected chi connectivity index (χ0v) is 17.1. The smallest absolute Gasteiger partial charge is 0.268 e. The third kappa shape index (κ3) is 4.90. The summed E-state index contributed by atoms with van der Waals surface area (Å²) in [6.07, 6.45) is 4.66. The highest BCUT2D eigenvalue weighted by Crippen LogP contribution is 2.27. The second-order valence-corrected chi connectivity index (χ2v) is 8.37. The molecule has 0 spiro atoms. The van der Waals surface area contributed by atoms with Gasteiger partial charge in [-0.2, -0.15) is 0 Å². The van der Waals surface area contributed by atoms with Gasteiger partial charge in [0.1, 0.15) is 5.76 Å². The van der Waals surface area contributed by atoms with Gasteiger partial charge in [-0.15, -0.1) is 0 Å². The monoisotopic (exact) mass is 437 g/mol. The van der Waals surface area contributed by atoms with Crippen molar-refractivity contribution in [3.63, 3.8) is 0 Å². The van der Waals surface area contributed by atoms with Gasteiger partial charge in [0.25, 0.3) is 5.91 Å².